The van der Waals surface area contributed by atoms with Crippen molar-refractivity contribution >= 4 is 11.9 Å². The first kappa shape index (κ1) is 16.9. The average molecular weight is 363 g/mol. The van der Waals surface area contributed by atoms with E-state index in [2.05, 4.69) is 11.4 Å². The van der Waals surface area contributed by atoms with Crippen LogP contribution in [0.3, 0.4) is 0 Å². The molecule has 0 aromatic heterocycles. The van der Waals surface area contributed by atoms with Gasteiger partial charge in [0.2, 0.25) is 6.79 Å². The van der Waals surface area contributed by atoms with Crippen LogP contribution in [0.1, 0.15) is 23.6 Å². The molecule has 2 aliphatic rings. The Labute approximate surface area is 156 Å². The van der Waals surface area contributed by atoms with Gasteiger partial charge in [-0.2, -0.15) is 5.26 Å². The number of carbonyl (C=O) groups excluding carboxylic acids is 2. The van der Waals surface area contributed by atoms with Crippen molar-refractivity contribution in [2.75, 3.05) is 6.79 Å². The van der Waals surface area contributed by atoms with Gasteiger partial charge in [0.25, 0.3) is 5.91 Å². The Kier molecular flexibility index (Phi) is 3.96. The van der Waals surface area contributed by atoms with Gasteiger partial charge in [0.15, 0.2) is 11.5 Å². The molecular weight excluding hydrogens is 346 g/mol. The number of fused-ring (bicyclic) bond motifs is 1. The highest BCUT2D eigenvalue weighted by atomic mass is 16.7. The molecule has 1 atom stereocenters. The van der Waals surface area contributed by atoms with Crippen molar-refractivity contribution in [1.29, 1.82) is 5.26 Å². The minimum atomic E-state index is -1.04. The summed E-state index contributed by atoms with van der Waals surface area (Å²) >= 11 is 0. The first-order chi connectivity index (χ1) is 13.0. The number of urea groups is 1. The Bertz CT molecular complexity index is 981. The van der Waals surface area contributed by atoms with Crippen LogP contribution in [0.25, 0.3) is 0 Å². The van der Waals surface area contributed by atoms with Crippen molar-refractivity contribution in [3.8, 4) is 17.6 Å². The summed E-state index contributed by atoms with van der Waals surface area (Å²) in [7, 11) is 0. The predicted molar refractivity (Wildman–Crippen MR) is 94.9 cm³/mol. The zero-order valence-electron chi connectivity index (χ0n) is 14.7. The summed E-state index contributed by atoms with van der Waals surface area (Å²) in [6.45, 7) is 2.02. The summed E-state index contributed by atoms with van der Waals surface area (Å²) in [5.74, 6) is 1.01. The quantitative estimate of drug-likeness (QED) is 0.842. The number of nitrogens with one attached hydrogen (secondary N) is 1. The molecule has 0 saturated carbocycles. The summed E-state index contributed by atoms with van der Waals surface area (Å²) < 4.78 is 10.7. The zero-order chi connectivity index (χ0) is 19.0. The lowest BCUT2D eigenvalue weighted by Crippen LogP contribution is -2.45. The molecule has 7 nitrogen and oxygen atoms in total. The van der Waals surface area contributed by atoms with Gasteiger partial charge in [-0.1, -0.05) is 18.2 Å². The van der Waals surface area contributed by atoms with Gasteiger partial charge < -0.3 is 14.8 Å². The number of nitrogens with zero attached hydrogens (tertiary/aromatic N) is 2. The fourth-order valence-electron chi connectivity index (χ4n) is 3.39. The second-order valence-corrected chi connectivity index (χ2v) is 6.83. The lowest BCUT2D eigenvalue weighted by molar-refractivity contribution is -0.131. The third-order valence-electron chi connectivity index (χ3n) is 4.74. The number of ether oxygens (including phenoxy) is 2. The van der Waals surface area contributed by atoms with Gasteiger partial charge in [0.05, 0.1) is 18.2 Å². The van der Waals surface area contributed by atoms with E-state index in [4.69, 9.17) is 14.7 Å². The predicted octanol–water partition coefficient (Wildman–Crippen LogP) is 2.34. The van der Waals surface area contributed by atoms with Crippen LogP contribution in [-0.4, -0.2) is 29.2 Å². The van der Waals surface area contributed by atoms with Crippen LogP contribution in [-0.2, 0) is 17.8 Å². The molecule has 2 aliphatic heterocycles. The molecule has 2 heterocycles. The molecule has 0 bridgehead atoms. The maximum absolute atomic E-state index is 13.0. The number of hydrogen-bond donors (Lipinski definition) is 1. The van der Waals surface area contributed by atoms with E-state index < -0.39 is 11.6 Å². The molecule has 0 radical (unpaired) electrons. The molecule has 0 spiro atoms. The van der Waals surface area contributed by atoms with Gasteiger partial charge in [-0.05, 0) is 42.3 Å². The van der Waals surface area contributed by atoms with Crippen LogP contribution in [0.15, 0.2) is 42.5 Å². The van der Waals surface area contributed by atoms with Crippen molar-refractivity contribution in [3.05, 3.63) is 59.2 Å². The molecule has 7 heteroatoms. The highest BCUT2D eigenvalue weighted by Gasteiger charge is 2.47. The minimum Gasteiger partial charge on any atom is -0.454 e. The van der Waals surface area contributed by atoms with Crippen molar-refractivity contribution in [2.45, 2.75) is 25.4 Å². The summed E-state index contributed by atoms with van der Waals surface area (Å²) in [6, 6.07) is 14.0. The number of hydrogen-bond acceptors (Lipinski definition) is 5. The summed E-state index contributed by atoms with van der Waals surface area (Å²) in [4.78, 5) is 26.6. The van der Waals surface area contributed by atoms with E-state index in [9.17, 15) is 9.59 Å². The van der Waals surface area contributed by atoms with Crippen LogP contribution in [0.5, 0.6) is 11.5 Å². The van der Waals surface area contributed by atoms with Gasteiger partial charge >= 0.3 is 6.03 Å². The Morgan fingerprint density at radius 2 is 1.96 bits per heavy atom. The second kappa shape index (κ2) is 6.32. The van der Waals surface area contributed by atoms with Crippen molar-refractivity contribution < 1.29 is 19.1 Å². The summed E-state index contributed by atoms with van der Waals surface area (Å²) in [5.41, 5.74) is 1.04. The molecule has 4 rings (SSSR count). The molecule has 136 valence electrons. The second-order valence-electron chi connectivity index (χ2n) is 6.83. The average Bonchev–Trinajstić information content (AvgIpc) is 3.20. The smallest absolute Gasteiger partial charge is 0.325 e. The monoisotopic (exact) mass is 363 g/mol. The minimum absolute atomic E-state index is 0.122. The van der Waals surface area contributed by atoms with E-state index in [1.165, 1.54) is 4.90 Å². The molecule has 27 heavy (non-hydrogen) atoms. The first-order valence-electron chi connectivity index (χ1n) is 8.50. The number of nitriles is 1. The van der Waals surface area contributed by atoms with Gasteiger partial charge in [-0.25, -0.2) is 4.79 Å². The van der Waals surface area contributed by atoms with E-state index in [0.29, 0.717) is 23.5 Å². The summed E-state index contributed by atoms with van der Waals surface area (Å²) in [6.07, 6.45) is 0.336. The number of amides is 3. The number of imide groups is 1. The highest BCUT2D eigenvalue weighted by Crippen LogP contribution is 2.34. The molecular formula is C20H17N3O4. The summed E-state index contributed by atoms with van der Waals surface area (Å²) in [5, 5.41) is 11.8. The third kappa shape index (κ3) is 3.06. The highest BCUT2D eigenvalue weighted by molar-refractivity contribution is 6.06. The van der Waals surface area contributed by atoms with E-state index in [1.807, 2.05) is 12.1 Å². The Morgan fingerprint density at radius 3 is 2.78 bits per heavy atom. The van der Waals surface area contributed by atoms with Crippen molar-refractivity contribution in [1.82, 2.24) is 10.2 Å². The van der Waals surface area contributed by atoms with Crippen LogP contribution in [0.2, 0.25) is 0 Å². The molecule has 1 fully saturated rings. The largest absolute Gasteiger partial charge is 0.454 e. The molecule has 1 saturated heterocycles. The fraction of sp³-hybridized carbons (Fsp3) is 0.250. The van der Waals surface area contributed by atoms with Crippen LogP contribution < -0.4 is 14.8 Å². The van der Waals surface area contributed by atoms with Crippen molar-refractivity contribution in [2.24, 2.45) is 0 Å². The molecule has 3 amide bonds. The number of carbonyl (C=O) groups is 2. The Morgan fingerprint density at radius 1 is 1.15 bits per heavy atom. The van der Waals surface area contributed by atoms with Gasteiger partial charge in [-0.3, -0.25) is 9.69 Å². The van der Waals surface area contributed by atoms with Gasteiger partial charge in [-0.15, -0.1) is 0 Å². The third-order valence-corrected chi connectivity index (χ3v) is 4.74. The molecule has 2 aromatic rings. The first-order valence-corrected chi connectivity index (χ1v) is 8.50. The lowest BCUT2D eigenvalue weighted by Gasteiger charge is -2.22. The van der Waals surface area contributed by atoms with Gasteiger partial charge in [0.1, 0.15) is 5.54 Å². The van der Waals surface area contributed by atoms with Crippen LogP contribution >= 0.6 is 0 Å². The molecule has 0 unspecified atom stereocenters. The van der Waals surface area contributed by atoms with E-state index in [1.54, 1.807) is 37.3 Å². The van der Waals surface area contributed by atoms with Crippen LogP contribution in [0.4, 0.5) is 4.79 Å². The maximum atomic E-state index is 13.0. The van der Waals surface area contributed by atoms with E-state index >= 15 is 0 Å². The SMILES string of the molecule is C[C@]1(Cc2ccc3c(c2)OCO3)NC(=O)N(Cc2cccc(C#N)c2)C1=O. The fourth-order valence-corrected chi connectivity index (χ4v) is 3.39. The number of rotatable bonds is 4. The molecule has 2 aromatic carbocycles. The Balaban J connectivity index is 1.53. The maximum Gasteiger partial charge on any atom is 0.325 e. The van der Waals surface area contributed by atoms with E-state index in [0.717, 1.165) is 11.1 Å². The Hall–Kier alpha value is -3.53. The standard InChI is InChI=1S/C20H17N3O4/c1-20(9-13-5-6-16-17(8-13)27-12-26-16)18(24)23(19(25)22-20)11-15-4-2-3-14(7-15)10-21/h2-8H,9,11-12H2,1H3,(H,22,25)/t20-/m1/s1. The van der Waals surface area contributed by atoms with Gasteiger partial charge in [0, 0.05) is 6.42 Å². The zero-order valence-corrected chi connectivity index (χ0v) is 14.7. The number of benzene rings is 2. The normalized spacial score (nSPS) is 20.5. The molecule has 0 aliphatic carbocycles. The lowest BCUT2D eigenvalue weighted by atomic mass is 9.92. The topological polar surface area (TPSA) is 91.7 Å². The van der Waals surface area contributed by atoms with Crippen molar-refractivity contribution in [3.63, 3.8) is 0 Å². The van der Waals surface area contributed by atoms with Crippen LogP contribution in [0, 0.1) is 11.3 Å². The van der Waals surface area contributed by atoms with E-state index in [-0.39, 0.29) is 19.2 Å². The molecule has 1 N–H and O–H groups in total.